The third-order valence-electron chi connectivity index (χ3n) is 3.24. The molecule has 0 radical (unpaired) electrons. The second kappa shape index (κ2) is 4.67. The predicted octanol–water partition coefficient (Wildman–Crippen LogP) is 2.20. The minimum atomic E-state index is 0.115. The summed E-state index contributed by atoms with van der Waals surface area (Å²) in [7, 11) is 0. The number of hydrogen-bond donors (Lipinski definition) is 2. The number of aromatic hydroxyl groups is 1. The zero-order valence-corrected chi connectivity index (χ0v) is 9.00. The van der Waals surface area contributed by atoms with Crippen molar-refractivity contribution in [3.05, 3.63) is 28.8 Å². The molecule has 0 saturated carbocycles. The van der Waals surface area contributed by atoms with Gasteiger partial charge in [-0.05, 0) is 54.9 Å². The normalized spacial score (nSPS) is 15.8. The van der Waals surface area contributed by atoms with E-state index in [1.54, 1.807) is 6.07 Å². The van der Waals surface area contributed by atoms with E-state index < -0.39 is 0 Å². The molecule has 2 rings (SSSR count). The molecule has 0 unspecified atom stereocenters. The van der Waals surface area contributed by atoms with Gasteiger partial charge in [0.1, 0.15) is 5.75 Å². The Labute approximate surface area is 90.6 Å². The Bertz CT molecular complexity index is 345. The van der Waals surface area contributed by atoms with E-state index in [0.717, 1.165) is 18.4 Å². The van der Waals surface area contributed by atoms with Crippen LogP contribution in [-0.4, -0.2) is 16.8 Å². The van der Waals surface area contributed by atoms with Crippen LogP contribution >= 0.6 is 0 Å². The van der Waals surface area contributed by atoms with E-state index in [9.17, 15) is 5.11 Å². The van der Waals surface area contributed by atoms with Crippen LogP contribution in [0.5, 0.6) is 5.75 Å². The van der Waals surface area contributed by atoms with Gasteiger partial charge in [-0.2, -0.15) is 0 Å². The molecule has 82 valence electrons. The van der Waals surface area contributed by atoms with E-state index in [1.807, 2.05) is 6.07 Å². The van der Waals surface area contributed by atoms with E-state index >= 15 is 0 Å². The van der Waals surface area contributed by atoms with Crippen LogP contribution in [0.2, 0.25) is 0 Å². The first-order valence-corrected chi connectivity index (χ1v) is 5.76. The molecular formula is C13H18O2. The highest BCUT2D eigenvalue weighted by molar-refractivity contribution is 5.45. The van der Waals surface area contributed by atoms with Gasteiger partial charge in [0.25, 0.3) is 0 Å². The third-order valence-corrected chi connectivity index (χ3v) is 3.24. The van der Waals surface area contributed by atoms with Gasteiger partial charge in [-0.25, -0.2) is 0 Å². The minimum absolute atomic E-state index is 0.115. The summed E-state index contributed by atoms with van der Waals surface area (Å²) in [6.45, 7) is 0.115. The fourth-order valence-electron chi connectivity index (χ4n) is 2.46. The lowest BCUT2D eigenvalue weighted by Gasteiger charge is -2.13. The van der Waals surface area contributed by atoms with E-state index in [4.69, 9.17) is 5.11 Å². The van der Waals surface area contributed by atoms with Gasteiger partial charge in [0.15, 0.2) is 0 Å². The van der Waals surface area contributed by atoms with Gasteiger partial charge < -0.3 is 10.2 Å². The van der Waals surface area contributed by atoms with Crippen molar-refractivity contribution >= 4 is 0 Å². The molecule has 0 amide bonds. The Balaban J connectivity index is 2.42. The van der Waals surface area contributed by atoms with Crippen LogP contribution in [-0.2, 0) is 19.3 Å². The lowest BCUT2D eigenvalue weighted by molar-refractivity contribution is 0.297. The minimum Gasteiger partial charge on any atom is -0.508 e. The van der Waals surface area contributed by atoms with Crippen LogP contribution in [0.4, 0.5) is 0 Å². The SMILES string of the molecule is OCCc1c(O)ccc2c1CCCCC2. The zero-order valence-electron chi connectivity index (χ0n) is 9.00. The Morgan fingerprint density at radius 1 is 1.07 bits per heavy atom. The molecule has 2 heteroatoms. The first-order chi connectivity index (χ1) is 7.33. The second-order valence-corrected chi connectivity index (χ2v) is 4.24. The summed E-state index contributed by atoms with van der Waals surface area (Å²) in [4.78, 5) is 0. The Hall–Kier alpha value is -1.02. The smallest absolute Gasteiger partial charge is 0.119 e. The number of fused-ring (bicyclic) bond motifs is 1. The lowest BCUT2D eigenvalue weighted by atomic mass is 9.94. The maximum Gasteiger partial charge on any atom is 0.119 e. The highest BCUT2D eigenvalue weighted by atomic mass is 16.3. The summed E-state index contributed by atoms with van der Waals surface area (Å²) < 4.78 is 0. The molecule has 2 N–H and O–H groups in total. The second-order valence-electron chi connectivity index (χ2n) is 4.24. The highest BCUT2D eigenvalue weighted by Gasteiger charge is 2.14. The molecule has 15 heavy (non-hydrogen) atoms. The van der Waals surface area contributed by atoms with Gasteiger partial charge in [-0.3, -0.25) is 0 Å². The number of aryl methyl sites for hydroxylation is 1. The van der Waals surface area contributed by atoms with Crippen molar-refractivity contribution in [1.82, 2.24) is 0 Å². The van der Waals surface area contributed by atoms with Gasteiger partial charge >= 0.3 is 0 Å². The quantitative estimate of drug-likeness (QED) is 0.728. The summed E-state index contributed by atoms with van der Waals surface area (Å²) in [6.07, 6.45) is 6.47. The maximum atomic E-state index is 9.78. The van der Waals surface area contributed by atoms with Crippen LogP contribution in [0.15, 0.2) is 12.1 Å². The predicted molar refractivity (Wildman–Crippen MR) is 60.2 cm³/mol. The van der Waals surface area contributed by atoms with Crippen LogP contribution in [0, 0.1) is 0 Å². The number of aliphatic hydroxyl groups excluding tert-OH is 1. The molecule has 2 nitrogen and oxygen atoms in total. The Kier molecular flexibility index (Phi) is 3.27. The molecule has 0 spiro atoms. The van der Waals surface area contributed by atoms with Crippen LogP contribution in [0.25, 0.3) is 0 Å². The molecule has 0 saturated heterocycles. The van der Waals surface area contributed by atoms with Crippen molar-refractivity contribution in [2.75, 3.05) is 6.61 Å². The summed E-state index contributed by atoms with van der Waals surface area (Å²) in [6, 6.07) is 3.81. The topological polar surface area (TPSA) is 40.5 Å². The average Bonchev–Trinajstić information content (AvgIpc) is 2.47. The average molecular weight is 206 g/mol. The summed E-state index contributed by atoms with van der Waals surface area (Å²) in [5.41, 5.74) is 3.63. The summed E-state index contributed by atoms with van der Waals surface area (Å²) in [5.74, 6) is 0.352. The van der Waals surface area contributed by atoms with Crippen LogP contribution < -0.4 is 0 Å². The third kappa shape index (κ3) is 2.15. The lowest BCUT2D eigenvalue weighted by Crippen LogP contribution is -2.01. The van der Waals surface area contributed by atoms with Crippen molar-refractivity contribution in [3.8, 4) is 5.75 Å². The van der Waals surface area contributed by atoms with Gasteiger partial charge in [0.05, 0.1) is 0 Å². The standard InChI is InChI=1S/C13H18O2/c14-9-8-12-11-5-3-1-2-4-10(11)6-7-13(12)15/h6-7,14-15H,1-5,8-9H2. The first-order valence-electron chi connectivity index (χ1n) is 5.76. The maximum absolute atomic E-state index is 9.78. The molecule has 0 fully saturated rings. The summed E-state index contributed by atoms with van der Waals surface area (Å²) >= 11 is 0. The van der Waals surface area contributed by atoms with Crippen molar-refractivity contribution in [2.45, 2.75) is 38.5 Å². The number of rotatable bonds is 2. The van der Waals surface area contributed by atoms with E-state index in [1.165, 1.54) is 30.4 Å². The molecule has 0 atom stereocenters. The largest absolute Gasteiger partial charge is 0.508 e. The number of phenols is 1. The number of phenolic OH excluding ortho intramolecular Hbond substituents is 1. The van der Waals surface area contributed by atoms with E-state index in [0.29, 0.717) is 12.2 Å². The van der Waals surface area contributed by atoms with Gasteiger partial charge in [-0.15, -0.1) is 0 Å². The van der Waals surface area contributed by atoms with Gasteiger partial charge in [0.2, 0.25) is 0 Å². The van der Waals surface area contributed by atoms with Crippen molar-refractivity contribution in [1.29, 1.82) is 0 Å². The highest BCUT2D eigenvalue weighted by Crippen LogP contribution is 2.30. The van der Waals surface area contributed by atoms with Gasteiger partial charge in [-0.1, -0.05) is 12.5 Å². The first kappa shape index (κ1) is 10.5. The molecule has 1 aromatic carbocycles. The molecule has 1 aliphatic carbocycles. The van der Waals surface area contributed by atoms with Crippen LogP contribution in [0.3, 0.4) is 0 Å². The van der Waals surface area contributed by atoms with E-state index in [2.05, 4.69) is 0 Å². The number of hydrogen-bond acceptors (Lipinski definition) is 2. The molecule has 0 heterocycles. The van der Waals surface area contributed by atoms with Crippen molar-refractivity contribution in [3.63, 3.8) is 0 Å². The molecular weight excluding hydrogens is 188 g/mol. The Morgan fingerprint density at radius 2 is 1.87 bits per heavy atom. The van der Waals surface area contributed by atoms with Crippen LogP contribution in [0.1, 0.15) is 36.0 Å². The monoisotopic (exact) mass is 206 g/mol. The van der Waals surface area contributed by atoms with E-state index in [-0.39, 0.29) is 6.61 Å². The summed E-state index contributed by atoms with van der Waals surface area (Å²) in [5, 5.41) is 18.8. The molecule has 1 aromatic rings. The molecule has 0 aromatic heterocycles. The van der Waals surface area contributed by atoms with Crippen molar-refractivity contribution < 1.29 is 10.2 Å². The number of aliphatic hydroxyl groups is 1. The zero-order chi connectivity index (χ0) is 10.7. The Morgan fingerprint density at radius 3 is 2.67 bits per heavy atom. The molecule has 1 aliphatic rings. The fourth-order valence-corrected chi connectivity index (χ4v) is 2.46. The fraction of sp³-hybridized carbons (Fsp3) is 0.538. The number of benzene rings is 1. The van der Waals surface area contributed by atoms with Gasteiger partial charge in [0, 0.05) is 6.61 Å². The van der Waals surface area contributed by atoms with Crippen molar-refractivity contribution in [2.24, 2.45) is 0 Å². The molecule has 0 bridgehead atoms. The molecule has 0 aliphatic heterocycles.